The summed E-state index contributed by atoms with van der Waals surface area (Å²) in [6.45, 7) is 0.643. The van der Waals surface area contributed by atoms with Crippen LogP contribution in [0.4, 0.5) is 0 Å². The van der Waals surface area contributed by atoms with Crippen LogP contribution in [0.2, 0.25) is 0 Å². The molecule has 1 rings (SSSR count). The molecule has 0 fully saturated rings. The maximum Gasteiger partial charge on any atom is 0.536 e. The molecule has 0 aliphatic heterocycles. The summed E-state index contributed by atoms with van der Waals surface area (Å²) < 4.78 is 16.8. The van der Waals surface area contributed by atoms with Crippen LogP contribution in [0.25, 0.3) is 0 Å². The largest absolute Gasteiger partial charge is 0.536 e. The fraction of sp³-hybridized carbons (Fsp3) is 0.455. The van der Waals surface area contributed by atoms with E-state index in [0.717, 1.165) is 10.9 Å². The van der Waals surface area contributed by atoms with Crippen LogP contribution in [0.3, 0.4) is 0 Å². The van der Waals surface area contributed by atoms with Crippen molar-refractivity contribution in [1.82, 2.24) is 0 Å². The summed E-state index contributed by atoms with van der Waals surface area (Å²) in [4.78, 5) is 0. The van der Waals surface area contributed by atoms with Crippen LogP contribution in [0.15, 0.2) is 30.3 Å². The summed E-state index contributed by atoms with van der Waals surface area (Å²) in [5.41, 5.74) is 0. The molecule has 1 aromatic carbocycles. The zero-order valence-electron chi connectivity index (χ0n) is 9.93. The highest BCUT2D eigenvalue weighted by atomic mass is 32.2. The van der Waals surface area contributed by atoms with Gasteiger partial charge in [0.2, 0.25) is 0 Å². The smallest absolute Gasteiger partial charge is 0.373 e. The van der Waals surface area contributed by atoms with Crippen LogP contribution >= 0.6 is 11.8 Å². The summed E-state index contributed by atoms with van der Waals surface area (Å²) in [7, 11) is 0.611. The van der Waals surface area contributed by atoms with Gasteiger partial charge in [0.25, 0.3) is 0 Å². The summed E-state index contributed by atoms with van der Waals surface area (Å²) in [5, 5.41) is 1.00. The van der Waals surface area contributed by atoms with Gasteiger partial charge in [0.1, 0.15) is 0 Å². The van der Waals surface area contributed by atoms with Gasteiger partial charge in [-0.2, -0.15) is 11.8 Å². The van der Waals surface area contributed by atoms with Crippen LogP contribution < -0.4 is 5.19 Å². The number of thioether (sulfide) groups is 1. The molecule has 0 aliphatic rings. The highest BCUT2D eigenvalue weighted by Gasteiger charge is 2.41. The van der Waals surface area contributed by atoms with Crippen LogP contribution in [-0.2, 0) is 13.3 Å². The topological polar surface area (TPSA) is 27.7 Å². The lowest BCUT2D eigenvalue weighted by Crippen LogP contribution is -2.55. The first-order valence-corrected chi connectivity index (χ1v) is 8.19. The molecule has 1 aromatic rings. The van der Waals surface area contributed by atoms with Gasteiger partial charge in [-0.25, -0.2) is 0 Å². The van der Waals surface area contributed by atoms with E-state index in [4.69, 9.17) is 13.3 Å². The van der Waals surface area contributed by atoms with Crippen molar-refractivity contribution in [3.63, 3.8) is 0 Å². The average molecular weight is 258 g/mol. The molecule has 0 bridgehead atoms. The Morgan fingerprint density at radius 3 is 2.25 bits per heavy atom. The van der Waals surface area contributed by atoms with Crippen molar-refractivity contribution in [2.45, 2.75) is 0 Å². The summed E-state index contributed by atoms with van der Waals surface area (Å²) in [6, 6.07) is 9.87. The van der Waals surface area contributed by atoms with Gasteiger partial charge < -0.3 is 13.3 Å². The van der Waals surface area contributed by atoms with E-state index in [1.807, 2.05) is 30.3 Å². The van der Waals surface area contributed by atoms with Gasteiger partial charge in [0, 0.05) is 31.8 Å². The SMILES string of the molecule is CO[Si](OC)(OCCSC)c1ccccc1. The molecular weight excluding hydrogens is 240 g/mol. The maximum absolute atomic E-state index is 5.83. The van der Waals surface area contributed by atoms with E-state index >= 15 is 0 Å². The van der Waals surface area contributed by atoms with Gasteiger partial charge in [-0.3, -0.25) is 0 Å². The fourth-order valence-corrected chi connectivity index (χ4v) is 3.83. The Labute approximate surface area is 102 Å². The van der Waals surface area contributed by atoms with E-state index in [-0.39, 0.29) is 0 Å². The second-order valence-electron chi connectivity index (χ2n) is 3.17. The molecule has 0 amide bonds. The molecule has 0 spiro atoms. The van der Waals surface area contributed by atoms with E-state index in [1.165, 1.54) is 0 Å². The van der Waals surface area contributed by atoms with Gasteiger partial charge in [-0.05, 0) is 6.26 Å². The Morgan fingerprint density at radius 2 is 1.75 bits per heavy atom. The Kier molecular flexibility index (Phi) is 6.08. The van der Waals surface area contributed by atoms with Crippen LogP contribution in [0.1, 0.15) is 0 Å². The first-order valence-electron chi connectivity index (χ1n) is 5.08. The lowest BCUT2D eigenvalue weighted by molar-refractivity contribution is 0.121. The van der Waals surface area contributed by atoms with E-state index < -0.39 is 8.80 Å². The van der Waals surface area contributed by atoms with Crippen LogP contribution in [0, 0.1) is 0 Å². The molecule has 3 nitrogen and oxygen atoms in total. The molecule has 16 heavy (non-hydrogen) atoms. The second-order valence-corrected chi connectivity index (χ2v) is 6.95. The quantitative estimate of drug-likeness (QED) is 0.547. The van der Waals surface area contributed by atoms with E-state index in [0.29, 0.717) is 6.61 Å². The number of rotatable bonds is 7. The van der Waals surface area contributed by atoms with Gasteiger partial charge in [-0.1, -0.05) is 30.3 Å². The summed E-state index contributed by atoms with van der Waals surface area (Å²) >= 11 is 1.74. The van der Waals surface area contributed by atoms with Crippen LogP contribution in [0.5, 0.6) is 0 Å². The van der Waals surface area contributed by atoms with Gasteiger partial charge in [0.15, 0.2) is 0 Å². The van der Waals surface area contributed by atoms with Gasteiger partial charge in [-0.15, -0.1) is 0 Å². The summed E-state index contributed by atoms with van der Waals surface area (Å²) in [5.74, 6) is 0.939. The standard InChI is InChI=1S/C11H18O3SSi/c1-12-16(13-2,14-9-10-15-3)11-7-5-4-6-8-11/h4-8H,9-10H2,1-3H3. The zero-order valence-corrected chi connectivity index (χ0v) is 11.8. The average Bonchev–Trinajstić information content (AvgIpc) is 2.36. The minimum Gasteiger partial charge on any atom is -0.373 e. The Bertz CT molecular complexity index is 291. The lowest BCUT2D eigenvalue weighted by atomic mass is 10.4. The predicted octanol–water partition coefficient (Wildman–Crippen LogP) is 1.50. The third-order valence-electron chi connectivity index (χ3n) is 2.24. The monoisotopic (exact) mass is 258 g/mol. The van der Waals surface area contributed by atoms with Crippen molar-refractivity contribution in [3.8, 4) is 0 Å². The normalized spacial score (nSPS) is 11.7. The van der Waals surface area contributed by atoms with Crippen molar-refractivity contribution >= 4 is 25.8 Å². The molecule has 0 radical (unpaired) electrons. The summed E-state index contributed by atoms with van der Waals surface area (Å²) in [6.07, 6.45) is 2.05. The zero-order chi connectivity index (χ0) is 11.9. The predicted molar refractivity (Wildman–Crippen MR) is 70.2 cm³/mol. The molecule has 0 saturated carbocycles. The van der Waals surface area contributed by atoms with Crippen molar-refractivity contribution in [1.29, 1.82) is 0 Å². The first-order chi connectivity index (χ1) is 7.79. The highest BCUT2D eigenvalue weighted by Crippen LogP contribution is 2.09. The highest BCUT2D eigenvalue weighted by molar-refractivity contribution is 7.98. The first kappa shape index (κ1) is 13.7. The lowest BCUT2D eigenvalue weighted by Gasteiger charge is -2.26. The van der Waals surface area contributed by atoms with E-state index in [2.05, 4.69) is 6.26 Å². The molecule has 5 heteroatoms. The maximum atomic E-state index is 5.83. The molecule has 0 N–H and O–H groups in total. The van der Waals surface area contributed by atoms with Crippen molar-refractivity contribution in [2.75, 3.05) is 32.8 Å². The Morgan fingerprint density at radius 1 is 1.12 bits per heavy atom. The van der Waals surface area contributed by atoms with Gasteiger partial charge >= 0.3 is 8.80 Å². The molecule has 0 atom stereocenters. The van der Waals surface area contributed by atoms with E-state index in [1.54, 1.807) is 26.0 Å². The molecule has 0 saturated heterocycles. The third-order valence-corrected chi connectivity index (χ3v) is 5.52. The van der Waals surface area contributed by atoms with Crippen LogP contribution in [-0.4, -0.2) is 41.6 Å². The Hall–Kier alpha value is -0.333. The van der Waals surface area contributed by atoms with Crippen molar-refractivity contribution in [2.24, 2.45) is 0 Å². The van der Waals surface area contributed by atoms with E-state index in [9.17, 15) is 0 Å². The molecule has 0 aromatic heterocycles. The second kappa shape index (κ2) is 7.08. The molecule has 0 aliphatic carbocycles. The molecule has 0 heterocycles. The Balaban J connectivity index is 2.79. The third kappa shape index (κ3) is 3.33. The minimum absolute atomic E-state index is 0.643. The molecular formula is C11H18O3SSi. The number of benzene rings is 1. The van der Waals surface area contributed by atoms with Crippen molar-refractivity contribution < 1.29 is 13.3 Å². The van der Waals surface area contributed by atoms with Gasteiger partial charge in [0.05, 0.1) is 0 Å². The minimum atomic E-state index is -2.67. The molecule has 0 unspecified atom stereocenters. The number of hydrogen-bond donors (Lipinski definition) is 0. The molecule has 90 valence electrons. The number of hydrogen-bond acceptors (Lipinski definition) is 4. The van der Waals surface area contributed by atoms with Crippen molar-refractivity contribution in [3.05, 3.63) is 30.3 Å². The fourth-order valence-electron chi connectivity index (χ4n) is 1.42.